The summed E-state index contributed by atoms with van der Waals surface area (Å²) < 4.78 is 5.15. The van der Waals surface area contributed by atoms with Gasteiger partial charge in [-0.2, -0.15) is 0 Å². The summed E-state index contributed by atoms with van der Waals surface area (Å²) >= 11 is 0. The molecular formula is C19H26N2O3. The van der Waals surface area contributed by atoms with Crippen molar-refractivity contribution in [3.8, 4) is 5.75 Å². The van der Waals surface area contributed by atoms with E-state index < -0.39 is 0 Å². The molecule has 3 rings (SSSR count). The average Bonchev–Trinajstić information content (AvgIpc) is 3.03. The number of rotatable bonds is 4. The smallest absolute Gasteiger partial charge is 0.228 e. The van der Waals surface area contributed by atoms with Gasteiger partial charge in [-0.1, -0.05) is 13.3 Å². The second-order valence-electron chi connectivity index (χ2n) is 6.80. The van der Waals surface area contributed by atoms with Crippen molar-refractivity contribution in [3.05, 3.63) is 24.3 Å². The lowest BCUT2D eigenvalue weighted by Crippen LogP contribution is -2.43. The summed E-state index contributed by atoms with van der Waals surface area (Å²) in [5.41, 5.74) is 0.834. The highest BCUT2D eigenvalue weighted by atomic mass is 16.5. The third-order valence-corrected chi connectivity index (χ3v) is 5.27. The number of nitrogens with zero attached hydrogens (tertiary/aromatic N) is 2. The highest BCUT2D eigenvalue weighted by Gasteiger charge is 2.38. The number of piperidine rings is 1. The second kappa shape index (κ2) is 7.24. The Bertz CT molecular complexity index is 599. The van der Waals surface area contributed by atoms with Crippen LogP contribution in [-0.2, 0) is 9.59 Å². The van der Waals surface area contributed by atoms with Crippen molar-refractivity contribution in [1.82, 2.24) is 4.90 Å². The minimum Gasteiger partial charge on any atom is -0.497 e. The zero-order valence-corrected chi connectivity index (χ0v) is 14.5. The summed E-state index contributed by atoms with van der Waals surface area (Å²) in [6.07, 6.45) is 3.72. The van der Waals surface area contributed by atoms with Gasteiger partial charge in [0.15, 0.2) is 0 Å². The fraction of sp³-hybridized carbons (Fsp3) is 0.579. The number of likely N-dealkylation sites (tertiary alicyclic amines) is 1. The Labute approximate surface area is 143 Å². The molecule has 2 amide bonds. The molecule has 5 heteroatoms. The molecule has 2 aliphatic rings. The van der Waals surface area contributed by atoms with Crippen molar-refractivity contribution in [3.63, 3.8) is 0 Å². The molecule has 2 heterocycles. The van der Waals surface area contributed by atoms with Crippen LogP contribution >= 0.6 is 0 Å². The molecule has 0 N–H and O–H groups in total. The van der Waals surface area contributed by atoms with Crippen LogP contribution in [0.5, 0.6) is 5.75 Å². The number of carbonyl (C=O) groups excluding carboxylic acids is 2. The Kier molecular flexibility index (Phi) is 5.07. The second-order valence-corrected chi connectivity index (χ2v) is 6.80. The predicted molar refractivity (Wildman–Crippen MR) is 93.0 cm³/mol. The van der Waals surface area contributed by atoms with Gasteiger partial charge in [0.1, 0.15) is 5.75 Å². The number of hydrogen-bond donors (Lipinski definition) is 0. The molecule has 130 valence electrons. The van der Waals surface area contributed by atoms with Gasteiger partial charge in [-0.15, -0.1) is 0 Å². The third-order valence-electron chi connectivity index (χ3n) is 5.27. The van der Waals surface area contributed by atoms with E-state index >= 15 is 0 Å². The molecule has 5 nitrogen and oxygen atoms in total. The van der Waals surface area contributed by atoms with Crippen molar-refractivity contribution in [2.45, 2.75) is 32.6 Å². The molecule has 0 aliphatic carbocycles. The van der Waals surface area contributed by atoms with E-state index in [9.17, 15) is 9.59 Å². The molecule has 2 atom stereocenters. The fourth-order valence-electron chi connectivity index (χ4n) is 3.74. The molecule has 2 aliphatic heterocycles. The number of hydrogen-bond acceptors (Lipinski definition) is 3. The van der Waals surface area contributed by atoms with Gasteiger partial charge in [-0.3, -0.25) is 9.59 Å². The van der Waals surface area contributed by atoms with E-state index in [-0.39, 0.29) is 17.7 Å². The zero-order chi connectivity index (χ0) is 17.1. The maximum atomic E-state index is 12.8. The first-order valence-electron chi connectivity index (χ1n) is 8.85. The third kappa shape index (κ3) is 3.40. The fourth-order valence-corrected chi connectivity index (χ4v) is 3.74. The van der Waals surface area contributed by atoms with Crippen LogP contribution in [0.2, 0.25) is 0 Å². The standard InChI is InChI=1S/C19H26N2O3/c1-3-14-5-4-10-20(12-14)19(23)15-11-18(22)21(13-15)16-6-8-17(24-2)9-7-16/h6-9,14-15H,3-5,10-13H2,1-2H3. The van der Waals surface area contributed by atoms with Gasteiger partial charge < -0.3 is 14.5 Å². The molecule has 2 saturated heterocycles. The molecule has 0 spiro atoms. The molecule has 1 aromatic rings. The number of methoxy groups -OCH3 is 1. The van der Waals surface area contributed by atoms with Crippen LogP contribution in [0, 0.1) is 11.8 Å². The highest BCUT2D eigenvalue weighted by molar-refractivity contribution is 6.00. The largest absolute Gasteiger partial charge is 0.497 e. The predicted octanol–water partition coefficient (Wildman–Crippen LogP) is 2.70. The maximum Gasteiger partial charge on any atom is 0.228 e. The van der Waals surface area contributed by atoms with Gasteiger partial charge in [0.05, 0.1) is 13.0 Å². The number of benzene rings is 1. The van der Waals surface area contributed by atoms with Gasteiger partial charge in [-0.05, 0) is 43.0 Å². The number of carbonyl (C=O) groups is 2. The summed E-state index contributed by atoms with van der Waals surface area (Å²) in [6, 6.07) is 7.43. The monoisotopic (exact) mass is 330 g/mol. The summed E-state index contributed by atoms with van der Waals surface area (Å²) in [7, 11) is 1.62. The first-order chi connectivity index (χ1) is 11.6. The Balaban J connectivity index is 1.66. The molecule has 1 aromatic carbocycles. The molecule has 0 bridgehead atoms. The Hall–Kier alpha value is -2.04. The van der Waals surface area contributed by atoms with Crippen LogP contribution in [0.25, 0.3) is 0 Å². The maximum absolute atomic E-state index is 12.8. The van der Waals surface area contributed by atoms with Crippen molar-refractivity contribution in [2.75, 3.05) is 31.6 Å². The van der Waals surface area contributed by atoms with Gasteiger partial charge in [-0.25, -0.2) is 0 Å². The number of anilines is 1. The van der Waals surface area contributed by atoms with E-state index in [0.717, 1.165) is 37.4 Å². The van der Waals surface area contributed by atoms with Gasteiger partial charge in [0, 0.05) is 31.7 Å². The minimum absolute atomic E-state index is 0.0302. The average molecular weight is 330 g/mol. The molecule has 2 fully saturated rings. The number of ether oxygens (including phenoxy) is 1. The van der Waals surface area contributed by atoms with Crippen LogP contribution < -0.4 is 9.64 Å². The molecular weight excluding hydrogens is 304 g/mol. The minimum atomic E-state index is -0.213. The van der Waals surface area contributed by atoms with Gasteiger partial charge in [0.25, 0.3) is 0 Å². The summed E-state index contributed by atoms with van der Waals surface area (Å²) in [5, 5.41) is 0. The topological polar surface area (TPSA) is 49.9 Å². The first-order valence-corrected chi connectivity index (χ1v) is 8.85. The lowest BCUT2D eigenvalue weighted by atomic mass is 9.94. The van der Waals surface area contributed by atoms with Crippen molar-refractivity contribution in [2.24, 2.45) is 11.8 Å². The van der Waals surface area contributed by atoms with E-state index in [4.69, 9.17) is 4.74 Å². The van der Waals surface area contributed by atoms with Gasteiger partial charge in [0.2, 0.25) is 11.8 Å². The van der Waals surface area contributed by atoms with Crippen molar-refractivity contribution >= 4 is 17.5 Å². The Morgan fingerprint density at radius 2 is 2.00 bits per heavy atom. The Morgan fingerprint density at radius 3 is 2.67 bits per heavy atom. The van der Waals surface area contributed by atoms with E-state index in [1.54, 1.807) is 12.0 Å². The van der Waals surface area contributed by atoms with Crippen LogP contribution in [0.3, 0.4) is 0 Å². The lowest BCUT2D eigenvalue weighted by Gasteiger charge is -2.33. The normalized spacial score (nSPS) is 24.3. The quantitative estimate of drug-likeness (QED) is 0.853. The van der Waals surface area contributed by atoms with E-state index in [0.29, 0.717) is 18.9 Å². The summed E-state index contributed by atoms with van der Waals surface area (Å²) in [6.45, 7) is 4.35. The van der Waals surface area contributed by atoms with Gasteiger partial charge >= 0.3 is 0 Å². The van der Waals surface area contributed by atoms with E-state index in [2.05, 4.69) is 6.92 Å². The summed E-state index contributed by atoms with van der Waals surface area (Å²) in [5.74, 6) is 1.34. The highest BCUT2D eigenvalue weighted by Crippen LogP contribution is 2.29. The van der Waals surface area contributed by atoms with Crippen LogP contribution in [0.15, 0.2) is 24.3 Å². The molecule has 24 heavy (non-hydrogen) atoms. The van der Waals surface area contributed by atoms with E-state index in [1.807, 2.05) is 29.2 Å². The van der Waals surface area contributed by atoms with Crippen LogP contribution in [0.4, 0.5) is 5.69 Å². The Morgan fingerprint density at radius 1 is 1.25 bits per heavy atom. The SMILES string of the molecule is CCC1CCCN(C(=O)C2CC(=O)N(c3ccc(OC)cc3)C2)C1. The molecule has 0 aromatic heterocycles. The first kappa shape index (κ1) is 16.8. The number of amides is 2. The van der Waals surface area contributed by atoms with Crippen LogP contribution in [0.1, 0.15) is 32.6 Å². The molecule has 0 saturated carbocycles. The molecule has 2 unspecified atom stereocenters. The van der Waals surface area contributed by atoms with E-state index in [1.165, 1.54) is 6.42 Å². The summed E-state index contributed by atoms with van der Waals surface area (Å²) in [4.78, 5) is 28.9. The molecule has 0 radical (unpaired) electrons. The van der Waals surface area contributed by atoms with Crippen molar-refractivity contribution < 1.29 is 14.3 Å². The van der Waals surface area contributed by atoms with Crippen LogP contribution in [-0.4, -0.2) is 43.5 Å². The lowest BCUT2D eigenvalue weighted by molar-refractivity contribution is -0.137. The van der Waals surface area contributed by atoms with Crippen molar-refractivity contribution in [1.29, 1.82) is 0 Å². The zero-order valence-electron chi connectivity index (χ0n) is 14.5.